The van der Waals surface area contributed by atoms with Crippen LogP contribution in [0, 0.1) is 0 Å². The van der Waals surface area contributed by atoms with E-state index in [1.54, 1.807) is 17.2 Å². The van der Waals surface area contributed by atoms with Crippen molar-refractivity contribution in [3.8, 4) is 0 Å². The average Bonchev–Trinajstić information content (AvgIpc) is 3.19. The van der Waals surface area contributed by atoms with Crippen molar-refractivity contribution in [1.29, 1.82) is 0 Å². The topological polar surface area (TPSA) is 59.8 Å². The molecule has 0 aliphatic rings. The molecule has 3 aromatic rings. The van der Waals surface area contributed by atoms with Crippen LogP contribution in [0.3, 0.4) is 0 Å². The molecular weight excluding hydrogens is 372 g/mol. The number of carbonyl (C=O) groups is 1. The lowest BCUT2D eigenvalue weighted by molar-refractivity contribution is 0.0930. The number of hydrogen-bond acceptors (Lipinski definition) is 3. The highest BCUT2D eigenvalue weighted by Gasteiger charge is 2.24. The first-order valence-electron chi connectivity index (χ1n) is 10.4. The molecular formula is C25H32N4O. The first-order valence-corrected chi connectivity index (χ1v) is 10.4. The van der Waals surface area contributed by atoms with Crippen LogP contribution in [0.5, 0.6) is 0 Å². The van der Waals surface area contributed by atoms with Crippen LogP contribution in [0.4, 0.5) is 0 Å². The van der Waals surface area contributed by atoms with E-state index < -0.39 is 0 Å². The van der Waals surface area contributed by atoms with Gasteiger partial charge in [-0.25, -0.2) is 0 Å². The molecule has 1 heterocycles. The van der Waals surface area contributed by atoms with Gasteiger partial charge in [0.25, 0.3) is 5.91 Å². The number of nitrogens with one attached hydrogen (secondary N) is 1. The van der Waals surface area contributed by atoms with Crippen LogP contribution >= 0.6 is 0 Å². The molecule has 1 unspecified atom stereocenters. The molecule has 0 aliphatic heterocycles. The van der Waals surface area contributed by atoms with Crippen LogP contribution in [-0.2, 0) is 17.4 Å². The van der Waals surface area contributed by atoms with Crippen molar-refractivity contribution in [2.75, 3.05) is 0 Å². The lowest BCUT2D eigenvalue weighted by atomic mass is 9.79. The molecule has 158 valence electrons. The molecule has 0 spiro atoms. The molecule has 0 radical (unpaired) electrons. The Morgan fingerprint density at radius 1 is 0.900 bits per heavy atom. The monoisotopic (exact) mass is 404 g/mol. The summed E-state index contributed by atoms with van der Waals surface area (Å²) in [6.45, 7) is 13.5. The Morgan fingerprint density at radius 2 is 1.43 bits per heavy atom. The zero-order valence-electron chi connectivity index (χ0n) is 18.8. The minimum absolute atomic E-state index is 0.0475. The Morgan fingerprint density at radius 3 is 1.93 bits per heavy atom. The van der Waals surface area contributed by atoms with Gasteiger partial charge in [-0.2, -0.15) is 15.0 Å². The number of rotatable bonds is 5. The second-order valence-corrected chi connectivity index (χ2v) is 9.82. The number of nitrogens with zero attached hydrogens (tertiary/aromatic N) is 3. The molecule has 0 aliphatic carbocycles. The van der Waals surface area contributed by atoms with E-state index in [1.807, 2.05) is 42.5 Å². The van der Waals surface area contributed by atoms with E-state index in [1.165, 1.54) is 0 Å². The Labute approximate surface area is 179 Å². The van der Waals surface area contributed by atoms with Crippen LogP contribution in [0.15, 0.2) is 60.9 Å². The molecule has 0 saturated heterocycles. The SMILES string of the molecule is CC(C)(C)c1cc(C(=O)NC(Cn2nccn2)c2ccccc2)cc(C(C)(C)C)c1. The Bertz CT molecular complexity index is 948. The van der Waals surface area contributed by atoms with Crippen LogP contribution in [0.25, 0.3) is 0 Å². The molecule has 0 fully saturated rings. The highest BCUT2D eigenvalue weighted by Crippen LogP contribution is 2.30. The second kappa shape index (κ2) is 8.42. The predicted molar refractivity (Wildman–Crippen MR) is 121 cm³/mol. The summed E-state index contributed by atoms with van der Waals surface area (Å²) in [6, 6.07) is 16.0. The van der Waals surface area contributed by atoms with Gasteiger partial charge in [-0.3, -0.25) is 4.79 Å². The third kappa shape index (κ3) is 5.35. The highest BCUT2D eigenvalue weighted by atomic mass is 16.1. The van der Waals surface area contributed by atoms with E-state index in [4.69, 9.17) is 0 Å². The largest absolute Gasteiger partial charge is 0.343 e. The fraction of sp³-hybridized carbons (Fsp3) is 0.400. The molecule has 0 bridgehead atoms. The molecule has 30 heavy (non-hydrogen) atoms. The van der Waals surface area contributed by atoms with Crippen molar-refractivity contribution in [2.45, 2.75) is 65.0 Å². The van der Waals surface area contributed by atoms with Crippen molar-refractivity contribution in [2.24, 2.45) is 0 Å². The maximum absolute atomic E-state index is 13.4. The van der Waals surface area contributed by atoms with E-state index in [9.17, 15) is 4.79 Å². The first-order chi connectivity index (χ1) is 14.0. The molecule has 5 nitrogen and oxygen atoms in total. The highest BCUT2D eigenvalue weighted by molar-refractivity contribution is 5.95. The van der Waals surface area contributed by atoms with Gasteiger partial charge in [-0.05, 0) is 39.7 Å². The van der Waals surface area contributed by atoms with Crippen LogP contribution in [-0.4, -0.2) is 20.9 Å². The maximum Gasteiger partial charge on any atom is 0.251 e. The molecule has 2 aromatic carbocycles. The van der Waals surface area contributed by atoms with Crippen molar-refractivity contribution >= 4 is 5.91 Å². The van der Waals surface area contributed by atoms with Gasteiger partial charge < -0.3 is 5.32 Å². The smallest absolute Gasteiger partial charge is 0.251 e. The van der Waals surface area contributed by atoms with E-state index in [-0.39, 0.29) is 22.8 Å². The van der Waals surface area contributed by atoms with Crippen LogP contribution < -0.4 is 5.32 Å². The second-order valence-electron chi connectivity index (χ2n) is 9.82. The summed E-state index contributed by atoms with van der Waals surface area (Å²) in [5.74, 6) is -0.0902. The van der Waals surface area contributed by atoms with Crippen LogP contribution in [0.2, 0.25) is 0 Å². The Kier molecular flexibility index (Phi) is 6.11. The molecule has 1 atom stereocenters. The summed E-state index contributed by atoms with van der Waals surface area (Å²) < 4.78 is 0. The van der Waals surface area contributed by atoms with E-state index in [0.29, 0.717) is 12.1 Å². The summed E-state index contributed by atoms with van der Waals surface area (Å²) in [5.41, 5.74) is 3.92. The third-order valence-corrected chi connectivity index (χ3v) is 5.25. The number of amides is 1. The molecule has 5 heteroatoms. The lowest BCUT2D eigenvalue weighted by Crippen LogP contribution is -2.32. The number of hydrogen-bond donors (Lipinski definition) is 1. The van der Waals surface area contributed by atoms with Gasteiger partial charge in [0.2, 0.25) is 0 Å². The molecule has 3 rings (SSSR count). The lowest BCUT2D eigenvalue weighted by Gasteiger charge is -2.26. The van der Waals surface area contributed by atoms with Crippen molar-refractivity contribution < 1.29 is 4.79 Å². The van der Waals surface area contributed by atoms with Crippen molar-refractivity contribution in [3.05, 3.63) is 83.2 Å². The minimum atomic E-state index is -0.234. The third-order valence-electron chi connectivity index (χ3n) is 5.25. The fourth-order valence-corrected chi connectivity index (χ4v) is 3.29. The minimum Gasteiger partial charge on any atom is -0.343 e. The number of benzene rings is 2. The molecule has 1 amide bonds. The van der Waals surface area contributed by atoms with Crippen LogP contribution in [0.1, 0.15) is 74.6 Å². The van der Waals surface area contributed by atoms with Crippen molar-refractivity contribution in [1.82, 2.24) is 20.3 Å². The van der Waals surface area contributed by atoms with E-state index in [0.717, 1.165) is 16.7 Å². The van der Waals surface area contributed by atoms with Gasteiger partial charge in [0.1, 0.15) is 0 Å². The van der Waals surface area contributed by atoms with Gasteiger partial charge in [0.15, 0.2) is 0 Å². The summed E-state index contributed by atoms with van der Waals surface area (Å²) in [5, 5.41) is 11.6. The van der Waals surface area contributed by atoms with Gasteiger partial charge >= 0.3 is 0 Å². The molecule has 0 saturated carbocycles. The zero-order chi connectivity index (χ0) is 21.9. The fourth-order valence-electron chi connectivity index (χ4n) is 3.29. The summed E-state index contributed by atoms with van der Waals surface area (Å²) in [6.07, 6.45) is 3.29. The Balaban J connectivity index is 1.95. The van der Waals surface area contributed by atoms with Gasteiger partial charge in [-0.1, -0.05) is 77.9 Å². The van der Waals surface area contributed by atoms with Gasteiger partial charge in [0, 0.05) is 5.56 Å². The predicted octanol–water partition coefficient (Wildman–Crippen LogP) is 5.04. The van der Waals surface area contributed by atoms with E-state index in [2.05, 4.69) is 63.1 Å². The normalized spacial score (nSPS) is 13.1. The number of carbonyl (C=O) groups excluding carboxylic acids is 1. The van der Waals surface area contributed by atoms with Crippen molar-refractivity contribution in [3.63, 3.8) is 0 Å². The molecule has 1 N–H and O–H groups in total. The summed E-state index contributed by atoms with van der Waals surface area (Å²) >= 11 is 0. The maximum atomic E-state index is 13.4. The summed E-state index contributed by atoms with van der Waals surface area (Å²) in [7, 11) is 0. The van der Waals surface area contributed by atoms with Gasteiger partial charge in [-0.15, -0.1) is 0 Å². The quantitative estimate of drug-likeness (QED) is 0.648. The van der Waals surface area contributed by atoms with Gasteiger partial charge in [0.05, 0.1) is 25.0 Å². The van der Waals surface area contributed by atoms with E-state index >= 15 is 0 Å². The summed E-state index contributed by atoms with van der Waals surface area (Å²) in [4.78, 5) is 15.0. The zero-order valence-corrected chi connectivity index (χ0v) is 18.8. The Hall–Kier alpha value is -2.95. The number of aromatic nitrogens is 3. The average molecular weight is 405 g/mol. The first kappa shape index (κ1) is 21.8. The molecule has 1 aromatic heterocycles. The standard InChI is InChI=1S/C25H32N4O/c1-24(2,3)20-14-19(15-21(16-20)25(4,5)6)23(30)28-22(17-29-26-12-13-27-29)18-10-8-7-9-11-18/h7-16,22H,17H2,1-6H3,(H,28,30).